The SMILES string of the molecule is CNC1(CC(=O)NC2CCOCC2)CCCCC1. The lowest BCUT2D eigenvalue weighted by Crippen LogP contribution is -2.50. The Morgan fingerprint density at radius 1 is 1.22 bits per heavy atom. The largest absolute Gasteiger partial charge is 0.381 e. The Kier molecular flexibility index (Phi) is 5.01. The molecule has 0 bridgehead atoms. The summed E-state index contributed by atoms with van der Waals surface area (Å²) in [6.45, 7) is 1.56. The molecule has 1 amide bonds. The minimum atomic E-state index is 0.0491. The van der Waals surface area contributed by atoms with Crippen molar-refractivity contribution in [3.8, 4) is 0 Å². The molecule has 18 heavy (non-hydrogen) atoms. The predicted octanol–water partition coefficient (Wildman–Crippen LogP) is 1.59. The smallest absolute Gasteiger partial charge is 0.222 e. The minimum absolute atomic E-state index is 0.0491. The fourth-order valence-corrected chi connectivity index (χ4v) is 3.17. The van der Waals surface area contributed by atoms with E-state index in [1.165, 1.54) is 19.3 Å². The first-order chi connectivity index (χ1) is 8.74. The molecule has 2 N–H and O–H groups in total. The predicted molar refractivity (Wildman–Crippen MR) is 71.5 cm³/mol. The summed E-state index contributed by atoms with van der Waals surface area (Å²) in [6.07, 6.45) is 8.59. The molecular formula is C14H26N2O2. The molecule has 0 spiro atoms. The third-order valence-corrected chi connectivity index (χ3v) is 4.43. The van der Waals surface area contributed by atoms with E-state index in [-0.39, 0.29) is 11.4 Å². The molecule has 0 aromatic heterocycles. The molecule has 0 aromatic carbocycles. The number of nitrogens with one attached hydrogen (secondary N) is 2. The van der Waals surface area contributed by atoms with Gasteiger partial charge >= 0.3 is 0 Å². The second kappa shape index (κ2) is 6.53. The average molecular weight is 254 g/mol. The number of amides is 1. The van der Waals surface area contributed by atoms with Gasteiger partial charge in [-0.15, -0.1) is 0 Å². The van der Waals surface area contributed by atoms with Gasteiger partial charge in [-0.05, 0) is 32.7 Å². The van der Waals surface area contributed by atoms with Crippen LogP contribution in [0.4, 0.5) is 0 Å². The molecule has 0 unspecified atom stereocenters. The Labute approximate surface area is 110 Å². The average Bonchev–Trinajstić information content (AvgIpc) is 2.41. The molecule has 2 aliphatic rings. The van der Waals surface area contributed by atoms with Gasteiger partial charge in [0, 0.05) is 31.2 Å². The highest BCUT2D eigenvalue weighted by molar-refractivity contribution is 5.77. The molecule has 2 rings (SSSR count). The second-order valence-electron chi connectivity index (χ2n) is 5.72. The summed E-state index contributed by atoms with van der Waals surface area (Å²) in [5.74, 6) is 0.207. The van der Waals surface area contributed by atoms with E-state index in [9.17, 15) is 4.79 Å². The lowest BCUT2D eigenvalue weighted by Gasteiger charge is -2.37. The molecule has 2 fully saturated rings. The molecule has 1 saturated heterocycles. The van der Waals surface area contributed by atoms with Crippen LogP contribution in [0.15, 0.2) is 0 Å². The van der Waals surface area contributed by atoms with E-state index >= 15 is 0 Å². The van der Waals surface area contributed by atoms with Crippen LogP contribution in [0.5, 0.6) is 0 Å². The Hall–Kier alpha value is -0.610. The first-order valence-electron chi connectivity index (χ1n) is 7.30. The highest BCUT2D eigenvalue weighted by atomic mass is 16.5. The van der Waals surface area contributed by atoms with Gasteiger partial charge in [0.25, 0.3) is 0 Å². The maximum atomic E-state index is 12.2. The number of ether oxygens (including phenoxy) is 1. The summed E-state index contributed by atoms with van der Waals surface area (Å²) < 4.78 is 5.31. The van der Waals surface area contributed by atoms with Crippen LogP contribution < -0.4 is 10.6 Å². The van der Waals surface area contributed by atoms with Crippen molar-refractivity contribution in [3.05, 3.63) is 0 Å². The van der Waals surface area contributed by atoms with Gasteiger partial charge in [0.15, 0.2) is 0 Å². The third-order valence-electron chi connectivity index (χ3n) is 4.43. The van der Waals surface area contributed by atoms with Crippen LogP contribution in [0.2, 0.25) is 0 Å². The monoisotopic (exact) mass is 254 g/mol. The van der Waals surface area contributed by atoms with E-state index in [0.29, 0.717) is 12.5 Å². The summed E-state index contributed by atoms with van der Waals surface area (Å²) in [5.41, 5.74) is 0.0491. The van der Waals surface area contributed by atoms with E-state index in [4.69, 9.17) is 4.74 Å². The number of rotatable bonds is 4. The van der Waals surface area contributed by atoms with E-state index in [2.05, 4.69) is 10.6 Å². The molecule has 104 valence electrons. The zero-order chi connectivity index (χ0) is 12.8. The van der Waals surface area contributed by atoms with Crippen LogP contribution in [-0.2, 0) is 9.53 Å². The summed E-state index contributed by atoms with van der Waals surface area (Å²) in [7, 11) is 1.99. The van der Waals surface area contributed by atoms with Gasteiger partial charge in [0.2, 0.25) is 5.91 Å². The van der Waals surface area contributed by atoms with Crippen molar-refractivity contribution in [3.63, 3.8) is 0 Å². The van der Waals surface area contributed by atoms with E-state index in [0.717, 1.165) is 38.9 Å². The highest BCUT2D eigenvalue weighted by Gasteiger charge is 2.33. The third kappa shape index (κ3) is 3.69. The van der Waals surface area contributed by atoms with Crippen LogP contribution in [0.25, 0.3) is 0 Å². The standard InChI is InChI=1S/C14H26N2O2/c1-15-14(7-3-2-4-8-14)11-13(17)16-12-5-9-18-10-6-12/h12,15H,2-11H2,1H3,(H,16,17). The van der Waals surface area contributed by atoms with Crippen molar-refractivity contribution in [2.24, 2.45) is 0 Å². The highest BCUT2D eigenvalue weighted by Crippen LogP contribution is 2.30. The second-order valence-corrected chi connectivity index (χ2v) is 5.72. The van der Waals surface area contributed by atoms with Crippen LogP contribution >= 0.6 is 0 Å². The summed E-state index contributed by atoms with van der Waals surface area (Å²) >= 11 is 0. The van der Waals surface area contributed by atoms with E-state index in [1.54, 1.807) is 0 Å². The number of hydrogen-bond donors (Lipinski definition) is 2. The summed E-state index contributed by atoms with van der Waals surface area (Å²) in [4.78, 5) is 12.2. The Bertz CT molecular complexity index is 269. The Morgan fingerprint density at radius 2 is 1.89 bits per heavy atom. The van der Waals surface area contributed by atoms with Crippen molar-refractivity contribution in [1.29, 1.82) is 0 Å². The van der Waals surface area contributed by atoms with Crippen molar-refractivity contribution in [1.82, 2.24) is 10.6 Å². The van der Waals surface area contributed by atoms with Gasteiger partial charge in [-0.3, -0.25) is 4.79 Å². The van der Waals surface area contributed by atoms with Gasteiger partial charge in [0.1, 0.15) is 0 Å². The van der Waals surface area contributed by atoms with Gasteiger partial charge < -0.3 is 15.4 Å². The minimum Gasteiger partial charge on any atom is -0.381 e. The number of hydrogen-bond acceptors (Lipinski definition) is 3. The fraction of sp³-hybridized carbons (Fsp3) is 0.929. The fourth-order valence-electron chi connectivity index (χ4n) is 3.17. The van der Waals surface area contributed by atoms with Crippen LogP contribution in [-0.4, -0.2) is 37.7 Å². The van der Waals surface area contributed by atoms with Crippen molar-refractivity contribution in [2.45, 2.75) is 62.9 Å². The van der Waals surface area contributed by atoms with E-state index < -0.39 is 0 Å². The number of carbonyl (C=O) groups is 1. The maximum absolute atomic E-state index is 12.2. The van der Waals surface area contributed by atoms with Crippen molar-refractivity contribution < 1.29 is 9.53 Å². The zero-order valence-corrected chi connectivity index (χ0v) is 11.5. The maximum Gasteiger partial charge on any atom is 0.222 e. The molecule has 1 saturated carbocycles. The van der Waals surface area contributed by atoms with E-state index in [1.807, 2.05) is 7.05 Å². The van der Waals surface area contributed by atoms with Crippen molar-refractivity contribution in [2.75, 3.05) is 20.3 Å². The van der Waals surface area contributed by atoms with Crippen LogP contribution in [0, 0.1) is 0 Å². The molecular weight excluding hydrogens is 228 g/mol. The molecule has 0 atom stereocenters. The number of carbonyl (C=O) groups excluding carboxylic acids is 1. The molecule has 0 radical (unpaired) electrons. The Morgan fingerprint density at radius 3 is 2.50 bits per heavy atom. The van der Waals surface area contributed by atoms with Gasteiger partial charge in [-0.2, -0.15) is 0 Å². The van der Waals surface area contributed by atoms with Crippen LogP contribution in [0.3, 0.4) is 0 Å². The first-order valence-corrected chi connectivity index (χ1v) is 7.30. The van der Waals surface area contributed by atoms with Gasteiger partial charge in [-0.25, -0.2) is 0 Å². The molecule has 1 heterocycles. The first kappa shape index (κ1) is 13.8. The lowest BCUT2D eigenvalue weighted by molar-refractivity contribution is -0.124. The van der Waals surface area contributed by atoms with Gasteiger partial charge in [-0.1, -0.05) is 19.3 Å². The normalized spacial score (nSPS) is 24.7. The molecule has 1 aliphatic carbocycles. The van der Waals surface area contributed by atoms with Crippen LogP contribution in [0.1, 0.15) is 51.4 Å². The quantitative estimate of drug-likeness (QED) is 0.801. The molecule has 4 heteroatoms. The summed E-state index contributed by atoms with van der Waals surface area (Å²) in [5, 5.41) is 6.57. The molecule has 0 aromatic rings. The summed E-state index contributed by atoms with van der Waals surface area (Å²) in [6, 6.07) is 0.323. The zero-order valence-electron chi connectivity index (χ0n) is 11.5. The lowest BCUT2D eigenvalue weighted by atomic mass is 9.79. The van der Waals surface area contributed by atoms with Crippen molar-refractivity contribution >= 4 is 5.91 Å². The Balaban J connectivity index is 1.81. The molecule has 1 aliphatic heterocycles. The molecule has 4 nitrogen and oxygen atoms in total. The topological polar surface area (TPSA) is 50.4 Å². The van der Waals surface area contributed by atoms with Gasteiger partial charge in [0.05, 0.1) is 0 Å².